The molecule has 0 unspecified atom stereocenters. The fraction of sp³-hybridized carbons (Fsp3) is 0.0526. The van der Waals surface area contributed by atoms with Crippen molar-refractivity contribution < 1.29 is 0 Å². The van der Waals surface area contributed by atoms with Gasteiger partial charge in [-0.05, 0) is 120 Å². The molecule has 9 aromatic carbocycles. The third-order valence-electron chi connectivity index (χ3n) is 12.8. The van der Waals surface area contributed by atoms with Gasteiger partial charge < -0.3 is 4.90 Å². The van der Waals surface area contributed by atoms with Crippen LogP contribution in [0.5, 0.6) is 0 Å². The molecule has 0 radical (unpaired) electrons. The second-order valence-electron chi connectivity index (χ2n) is 16.4. The van der Waals surface area contributed by atoms with Crippen molar-refractivity contribution in [3.05, 3.63) is 211 Å². The fourth-order valence-corrected chi connectivity index (χ4v) is 11.4. The van der Waals surface area contributed by atoms with Gasteiger partial charge in [-0.15, -0.1) is 11.3 Å². The molecule has 1 heterocycles. The van der Waals surface area contributed by atoms with Crippen LogP contribution in [-0.4, -0.2) is 0 Å². The van der Waals surface area contributed by atoms with E-state index in [0.717, 1.165) is 17.1 Å². The maximum absolute atomic E-state index is 2.41. The number of rotatable bonds is 5. The van der Waals surface area contributed by atoms with Crippen LogP contribution in [0.1, 0.15) is 25.0 Å². The van der Waals surface area contributed by atoms with Gasteiger partial charge in [0.15, 0.2) is 0 Å². The molecule has 0 saturated carbocycles. The van der Waals surface area contributed by atoms with Crippen molar-refractivity contribution in [2.24, 2.45) is 0 Å². The summed E-state index contributed by atoms with van der Waals surface area (Å²) in [7, 11) is 0. The number of anilines is 3. The van der Waals surface area contributed by atoms with Gasteiger partial charge in [0, 0.05) is 43.0 Å². The summed E-state index contributed by atoms with van der Waals surface area (Å²) in [5.74, 6) is 0. The summed E-state index contributed by atoms with van der Waals surface area (Å²) in [5.41, 5.74) is 20.3. The van der Waals surface area contributed by atoms with E-state index in [4.69, 9.17) is 0 Å². The molecule has 0 atom stereocenters. The van der Waals surface area contributed by atoms with Crippen LogP contribution in [0.2, 0.25) is 0 Å². The minimum Gasteiger partial charge on any atom is -0.310 e. The normalized spacial score (nSPS) is 13.1. The van der Waals surface area contributed by atoms with E-state index in [1.807, 2.05) is 11.3 Å². The van der Waals surface area contributed by atoms with Gasteiger partial charge in [-0.1, -0.05) is 172 Å². The summed E-state index contributed by atoms with van der Waals surface area (Å²) in [6.45, 7) is 4.70. The lowest BCUT2D eigenvalue weighted by Gasteiger charge is -2.28. The number of fused-ring (bicyclic) bond motifs is 10. The molecular formula is C57H39NS. The average molecular weight is 770 g/mol. The molecule has 0 fully saturated rings. The Hall–Kier alpha value is -7.00. The van der Waals surface area contributed by atoms with E-state index in [-0.39, 0.29) is 5.41 Å². The summed E-state index contributed by atoms with van der Waals surface area (Å²) in [6, 6.07) is 74.1. The zero-order valence-electron chi connectivity index (χ0n) is 32.9. The van der Waals surface area contributed by atoms with Crippen LogP contribution in [-0.2, 0) is 5.41 Å². The predicted octanol–water partition coefficient (Wildman–Crippen LogP) is 16.5. The highest BCUT2D eigenvalue weighted by atomic mass is 32.1. The van der Waals surface area contributed by atoms with Crippen LogP contribution in [0.4, 0.5) is 17.1 Å². The van der Waals surface area contributed by atoms with Crippen LogP contribution in [0.15, 0.2) is 200 Å². The van der Waals surface area contributed by atoms with Gasteiger partial charge in [-0.2, -0.15) is 0 Å². The number of hydrogen-bond acceptors (Lipinski definition) is 2. The molecule has 0 aliphatic heterocycles. The lowest BCUT2D eigenvalue weighted by atomic mass is 9.82. The first-order valence-corrected chi connectivity index (χ1v) is 21.3. The van der Waals surface area contributed by atoms with Crippen LogP contribution < -0.4 is 4.90 Å². The summed E-state index contributed by atoms with van der Waals surface area (Å²) < 4.78 is 1.36. The Morgan fingerprint density at radius 2 is 0.915 bits per heavy atom. The van der Waals surface area contributed by atoms with E-state index in [9.17, 15) is 0 Å². The lowest BCUT2D eigenvalue weighted by molar-refractivity contribution is 0.660. The van der Waals surface area contributed by atoms with Crippen molar-refractivity contribution in [2.75, 3.05) is 4.90 Å². The molecule has 2 aliphatic carbocycles. The molecule has 0 bridgehead atoms. The van der Waals surface area contributed by atoms with Gasteiger partial charge in [-0.25, -0.2) is 0 Å². The first-order valence-electron chi connectivity index (χ1n) is 20.5. The summed E-state index contributed by atoms with van der Waals surface area (Å²) in [6.07, 6.45) is 0. The van der Waals surface area contributed by atoms with Crippen LogP contribution in [0.3, 0.4) is 0 Å². The summed E-state index contributed by atoms with van der Waals surface area (Å²) in [5, 5.41) is 3.96. The minimum absolute atomic E-state index is 0.0719. The highest BCUT2D eigenvalue weighted by Gasteiger charge is 2.36. The topological polar surface area (TPSA) is 3.24 Å². The molecule has 278 valence electrons. The molecule has 1 nitrogen and oxygen atoms in total. The van der Waals surface area contributed by atoms with E-state index in [1.165, 1.54) is 98.1 Å². The third kappa shape index (κ3) is 5.16. The molecule has 12 rings (SSSR count). The zero-order valence-corrected chi connectivity index (χ0v) is 33.7. The quantitative estimate of drug-likeness (QED) is 0.169. The van der Waals surface area contributed by atoms with Crippen molar-refractivity contribution in [2.45, 2.75) is 19.3 Å². The van der Waals surface area contributed by atoms with Gasteiger partial charge in [0.1, 0.15) is 0 Å². The SMILES string of the molecule is CC1(C)c2ccccc2-c2ccc(N(c3ccccc3)c3ccc(-c4ccc(-c5sc6c7c(cc8ccccc86)-c6ccccc6-c6ccccc6-c57)cc4)cc3)cc21. The van der Waals surface area contributed by atoms with Crippen LogP contribution in [0.25, 0.3) is 86.9 Å². The van der Waals surface area contributed by atoms with E-state index in [1.54, 1.807) is 0 Å². The van der Waals surface area contributed by atoms with Gasteiger partial charge >= 0.3 is 0 Å². The maximum Gasteiger partial charge on any atom is 0.0465 e. The number of para-hydroxylation sites is 1. The molecule has 0 N–H and O–H groups in total. The van der Waals surface area contributed by atoms with Crippen molar-refractivity contribution in [1.82, 2.24) is 0 Å². The van der Waals surface area contributed by atoms with Gasteiger partial charge in [0.25, 0.3) is 0 Å². The Kier molecular flexibility index (Phi) is 7.51. The Morgan fingerprint density at radius 1 is 0.390 bits per heavy atom. The summed E-state index contributed by atoms with van der Waals surface area (Å²) in [4.78, 5) is 3.70. The number of benzene rings is 9. The first kappa shape index (κ1) is 34.1. The van der Waals surface area contributed by atoms with Crippen molar-refractivity contribution in [3.8, 4) is 66.1 Å². The van der Waals surface area contributed by atoms with Gasteiger partial charge in [-0.3, -0.25) is 0 Å². The van der Waals surface area contributed by atoms with E-state index < -0.39 is 0 Å². The monoisotopic (exact) mass is 769 g/mol. The maximum atomic E-state index is 2.41. The van der Waals surface area contributed by atoms with E-state index in [2.05, 4.69) is 219 Å². The van der Waals surface area contributed by atoms with Crippen LogP contribution in [0, 0.1) is 0 Å². The number of nitrogens with zero attached hydrogens (tertiary/aromatic N) is 1. The molecule has 0 spiro atoms. The zero-order chi connectivity index (χ0) is 39.2. The van der Waals surface area contributed by atoms with Crippen LogP contribution >= 0.6 is 11.3 Å². The van der Waals surface area contributed by atoms with Crippen molar-refractivity contribution in [1.29, 1.82) is 0 Å². The second kappa shape index (κ2) is 13.0. The standard InChI is InChI=1S/C57H39NS/c1-57(2)51-23-13-12-21-47(51)48-33-32-42(35-52(48)57)58(40-15-4-3-5-16-40)41-30-28-37(29-31-41)36-24-26-38(27-25-36)55-53-49-22-11-10-19-45(49)44-18-8-9-20-46(44)50-34-39-14-6-7-17-43(39)56(59-55)54(50)53/h3-35H,1-2H3. The Balaban J connectivity index is 0.943. The Labute approximate surface area is 349 Å². The number of hydrogen-bond donors (Lipinski definition) is 0. The molecule has 2 aliphatic rings. The first-order chi connectivity index (χ1) is 29.0. The fourth-order valence-electron chi connectivity index (χ4n) is 9.97. The molecule has 10 aromatic rings. The Morgan fingerprint density at radius 3 is 1.66 bits per heavy atom. The minimum atomic E-state index is -0.0719. The van der Waals surface area contributed by atoms with Gasteiger partial charge in [0.2, 0.25) is 0 Å². The highest BCUT2D eigenvalue weighted by molar-refractivity contribution is 7.24. The van der Waals surface area contributed by atoms with Crippen molar-refractivity contribution in [3.63, 3.8) is 0 Å². The largest absolute Gasteiger partial charge is 0.310 e. The smallest absolute Gasteiger partial charge is 0.0465 e. The predicted molar refractivity (Wildman–Crippen MR) is 252 cm³/mol. The van der Waals surface area contributed by atoms with E-state index >= 15 is 0 Å². The molecule has 59 heavy (non-hydrogen) atoms. The second-order valence-corrected chi connectivity index (χ2v) is 17.5. The van der Waals surface area contributed by atoms with Gasteiger partial charge in [0.05, 0.1) is 0 Å². The molecular weight excluding hydrogens is 731 g/mol. The summed E-state index contributed by atoms with van der Waals surface area (Å²) >= 11 is 1.93. The number of thiophene rings is 1. The highest BCUT2D eigenvalue weighted by Crippen LogP contribution is 2.56. The van der Waals surface area contributed by atoms with Crippen molar-refractivity contribution >= 4 is 49.3 Å². The molecule has 0 amide bonds. The Bertz CT molecular complexity index is 3280. The lowest BCUT2D eigenvalue weighted by Crippen LogP contribution is -2.16. The van der Waals surface area contributed by atoms with E-state index in [0.29, 0.717) is 0 Å². The molecule has 2 heteroatoms. The average Bonchev–Trinajstić information content (AvgIpc) is 3.76. The molecule has 1 aromatic heterocycles. The third-order valence-corrected chi connectivity index (χ3v) is 14.1. The molecule has 0 saturated heterocycles.